The summed E-state index contributed by atoms with van der Waals surface area (Å²) in [4.78, 5) is 16.6. The van der Waals surface area contributed by atoms with Crippen LogP contribution in [-0.4, -0.2) is 11.0 Å². The van der Waals surface area contributed by atoms with Gasteiger partial charge in [0.1, 0.15) is 11.3 Å². The van der Waals surface area contributed by atoms with Gasteiger partial charge in [-0.25, -0.2) is 18.6 Å². The van der Waals surface area contributed by atoms with Gasteiger partial charge in [-0.3, -0.25) is 5.32 Å². The minimum atomic E-state index is -0.719. The Morgan fingerprint density at radius 3 is 2.92 bits per heavy atom. The highest BCUT2D eigenvalue weighted by atomic mass is 32.1. The lowest BCUT2D eigenvalue weighted by molar-refractivity contribution is 0.250. The summed E-state index contributed by atoms with van der Waals surface area (Å²) in [5.74, 6) is 1.22. The van der Waals surface area contributed by atoms with Crippen molar-refractivity contribution < 1.29 is 13.6 Å². The van der Waals surface area contributed by atoms with Gasteiger partial charge in [0, 0.05) is 11.8 Å². The Bertz CT molecular complexity index is 954. The Morgan fingerprint density at radius 1 is 1.23 bits per heavy atom. The Labute approximate surface area is 153 Å². The number of benzene rings is 1. The largest absolute Gasteiger partial charge is 0.325 e. The molecule has 5 rings (SSSR count). The Kier molecular flexibility index (Phi) is 3.57. The van der Waals surface area contributed by atoms with Gasteiger partial charge in [-0.2, -0.15) is 0 Å². The first kappa shape index (κ1) is 16.2. The lowest BCUT2D eigenvalue weighted by atomic mass is 9.69. The molecule has 3 aliphatic carbocycles. The van der Waals surface area contributed by atoms with Crippen molar-refractivity contribution >= 4 is 32.7 Å². The third-order valence-electron chi connectivity index (χ3n) is 6.13. The average molecular weight is 375 g/mol. The maximum absolute atomic E-state index is 13.8. The molecular formula is C19H19F2N3OS. The number of urea groups is 1. The number of carbonyl (C=O) groups is 1. The normalized spacial score (nSPS) is 29.5. The molecule has 2 amide bonds. The number of rotatable bonds is 2. The molecular weight excluding hydrogens is 356 g/mol. The number of nitrogens with zero attached hydrogens (tertiary/aromatic N) is 1. The van der Waals surface area contributed by atoms with Crippen LogP contribution < -0.4 is 10.6 Å². The van der Waals surface area contributed by atoms with Crippen molar-refractivity contribution in [2.45, 2.75) is 32.6 Å². The number of carbonyl (C=O) groups excluding carboxylic acids is 1. The van der Waals surface area contributed by atoms with Crippen LogP contribution in [0.4, 0.5) is 18.7 Å². The van der Waals surface area contributed by atoms with Crippen LogP contribution in [0.1, 0.15) is 32.6 Å². The highest BCUT2D eigenvalue weighted by Gasteiger charge is 2.48. The molecule has 0 saturated heterocycles. The summed E-state index contributed by atoms with van der Waals surface area (Å²) in [7, 11) is 0. The van der Waals surface area contributed by atoms with Gasteiger partial charge >= 0.3 is 6.03 Å². The Hall–Kier alpha value is -2.02. The van der Waals surface area contributed by atoms with Crippen LogP contribution >= 0.6 is 11.3 Å². The van der Waals surface area contributed by atoms with Crippen molar-refractivity contribution in [3.8, 4) is 0 Å². The van der Waals surface area contributed by atoms with Crippen LogP contribution in [0.5, 0.6) is 0 Å². The van der Waals surface area contributed by atoms with E-state index in [0.29, 0.717) is 16.5 Å². The zero-order valence-electron chi connectivity index (χ0n) is 14.3. The molecule has 0 spiro atoms. The Morgan fingerprint density at radius 2 is 2.08 bits per heavy atom. The molecule has 2 saturated carbocycles. The van der Waals surface area contributed by atoms with Crippen LogP contribution in [-0.2, 0) is 0 Å². The minimum absolute atomic E-state index is 0.0794. The number of amides is 2. The maximum atomic E-state index is 13.8. The fraction of sp³-hybridized carbons (Fsp3) is 0.474. The van der Waals surface area contributed by atoms with E-state index < -0.39 is 11.6 Å². The second-order valence-electron chi connectivity index (χ2n) is 7.82. The summed E-state index contributed by atoms with van der Waals surface area (Å²) in [5, 5.41) is 5.98. The molecule has 2 bridgehead atoms. The van der Waals surface area contributed by atoms with E-state index in [1.165, 1.54) is 24.5 Å². The number of thiazole rings is 1. The standard InChI is InChI=1S/C19H19F2N3OS/c1-8-2-9-3-10-5-13(12(10)4-9)16(8)22-18(25)24-19-23-17-14(21)6-11(20)7-15(17)26-19/h6-10,12H,2-5H2,1H3,(H2,22,23,24,25). The monoisotopic (exact) mass is 375 g/mol. The van der Waals surface area contributed by atoms with E-state index in [2.05, 4.69) is 22.5 Å². The SMILES string of the molecule is CC1CC2CC3CC(=C1NC(=O)Nc1nc4c(F)cc(F)cc4s1)C3C2. The van der Waals surface area contributed by atoms with Gasteiger partial charge in [-0.15, -0.1) is 0 Å². The molecule has 4 nitrogen and oxygen atoms in total. The molecule has 1 heterocycles. The van der Waals surface area contributed by atoms with Gasteiger partial charge in [0.15, 0.2) is 10.9 Å². The molecule has 4 atom stereocenters. The number of nitrogens with one attached hydrogen (secondary N) is 2. The van der Waals surface area contributed by atoms with E-state index in [0.717, 1.165) is 47.8 Å². The molecule has 0 radical (unpaired) electrons. The molecule has 2 N–H and O–H groups in total. The van der Waals surface area contributed by atoms with E-state index in [1.54, 1.807) is 0 Å². The molecule has 1 aromatic heterocycles. The van der Waals surface area contributed by atoms with Gasteiger partial charge in [0.25, 0.3) is 0 Å². The summed E-state index contributed by atoms with van der Waals surface area (Å²) in [6, 6.07) is 1.66. The first-order valence-corrected chi connectivity index (χ1v) is 9.86. The smallest absolute Gasteiger partial charge is 0.311 e. The third kappa shape index (κ3) is 2.52. The zero-order chi connectivity index (χ0) is 18.0. The van der Waals surface area contributed by atoms with Gasteiger partial charge in [0.2, 0.25) is 0 Å². The number of fused-ring (bicyclic) bond motifs is 2. The molecule has 2 fully saturated rings. The maximum Gasteiger partial charge on any atom is 0.325 e. The fourth-order valence-electron chi connectivity index (χ4n) is 5.07. The van der Waals surface area contributed by atoms with Crippen molar-refractivity contribution in [1.82, 2.24) is 10.3 Å². The van der Waals surface area contributed by atoms with Crippen molar-refractivity contribution in [1.29, 1.82) is 0 Å². The third-order valence-corrected chi connectivity index (χ3v) is 7.05. The van der Waals surface area contributed by atoms with Crippen LogP contribution in [0.15, 0.2) is 23.4 Å². The molecule has 3 aliphatic rings. The van der Waals surface area contributed by atoms with Crippen LogP contribution in [0.2, 0.25) is 0 Å². The van der Waals surface area contributed by atoms with E-state index in [9.17, 15) is 13.6 Å². The van der Waals surface area contributed by atoms with Gasteiger partial charge in [-0.05, 0) is 61.0 Å². The molecule has 2 aromatic rings. The van der Waals surface area contributed by atoms with Gasteiger partial charge in [-0.1, -0.05) is 18.3 Å². The van der Waals surface area contributed by atoms with E-state index >= 15 is 0 Å². The summed E-state index contributed by atoms with van der Waals surface area (Å²) >= 11 is 1.06. The van der Waals surface area contributed by atoms with Crippen LogP contribution in [0.25, 0.3) is 10.2 Å². The summed E-state index contributed by atoms with van der Waals surface area (Å²) < 4.78 is 27.5. The number of hydrogen-bond acceptors (Lipinski definition) is 3. The van der Waals surface area contributed by atoms with E-state index in [4.69, 9.17) is 0 Å². The van der Waals surface area contributed by atoms with E-state index in [-0.39, 0.29) is 16.7 Å². The number of halogens is 2. The predicted octanol–water partition coefficient (Wildman–Crippen LogP) is 5.04. The molecule has 4 unspecified atom stereocenters. The molecule has 136 valence electrons. The quantitative estimate of drug-likeness (QED) is 0.773. The fourth-order valence-corrected chi connectivity index (χ4v) is 5.97. The average Bonchev–Trinajstić information content (AvgIpc) is 3.05. The van der Waals surface area contributed by atoms with Crippen molar-refractivity contribution in [2.75, 3.05) is 5.32 Å². The first-order chi connectivity index (χ1) is 12.5. The van der Waals surface area contributed by atoms with Crippen molar-refractivity contribution in [3.05, 3.63) is 35.0 Å². The minimum Gasteiger partial charge on any atom is -0.311 e. The van der Waals surface area contributed by atoms with Crippen molar-refractivity contribution in [2.24, 2.45) is 23.7 Å². The topological polar surface area (TPSA) is 54.0 Å². The number of hydrogen-bond donors (Lipinski definition) is 2. The lowest BCUT2D eigenvalue weighted by Gasteiger charge is -2.38. The molecule has 26 heavy (non-hydrogen) atoms. The highest BCUT2D eigenvalue weighted by molar-refractivity contribution is 7.22. The number of aromatic nitrogens is 1. The molecule has 1 aromatic carbocycles. The first-order valence-electron chi connectivity index (χ1n) is 9.04. The summed E-state index contributed by atoms with van der Waals surface area (Å²) in [6.45, 7) is 2.17. The second-order valence-corrected chi connectivity index (χ2v) is 8.85. The van der Waals surface area contributed by atoms with Crippen LogP contribution in [0, 0.1) is 35.3 Å². The second kappa shape index (κ2) is 5.74. The van der Waals surface area contributed by atoms with E-state index in [1.807, 2.05) is 0 Å². The lowest BCUT2D eigenvalue weighted by Crippen LogP contribution is -2.36. The molecule has 7 heteroatoms. The molecule has 0 aliphatic heterocycles. The number of allylic oxidation sites excluding steroid dienone is 2. The van der Waals surface area contributed by atoms with Gasteiger partial charge < -0.3 is 5.32 Å². The van der Waals surface area contributed by atoms with Crippen molar-refractivity contribution in [3.63, 3.8) is 0 Å². The van der Waals surface area contributed by atoms with Gasteiger partial charge in [0.05, 0.1) is 4.70 Å². The summed E-state index contributed by atoms with van der Waals surface area (Å²) in [6.07, 6.45) is 4.83. The summed E-state index contributed by atoms with van der Waals surface area (Å²) in [5.41, 5.74) is 2.55. The Balaban J connectivity index is 1.36. The number of anilines is 1. The van der Waals surface area contributed by atoms with Crippen LogP contribution in [0.3, 0.4) is 0 Å². The predicted molar refractivity (Wildman–Crippen MR) is 96.8 cm³/mol. The zero-order valence-corrected chi connectivity index (χ0v) is 15.1. The highest BCUT2D eigenvalue weighted by Crippen LogP contribution is 2.58.